The van der Waals surface area contributed by atoms with Crippen LogP contribution < -0.4 is 10.6 Å². The van der Waals surface area contributed by atoms with E-state index in [1.807, 2.05) is 13.2 Å². The van der Waals surface area contributed by atoms with E-state index in [1.54, 1.807) is 18.0 Å². The maximum Gasteiger partial charge on any atom is 0.326 e. The number of carbonyl (C=O) groups is 2. The van der Waals surface area contributed by atoms with Crippen LogP contribution in [0.3, 0.4) is 0 Å². The van der Waals surface area contributed by atoms with Crippen molar-refractivity contribution in [2.75, 3.05) is 12.0 Å². The number of thioether (sulfide) groups is 1. The molecule has 1 aromatic rings. The van der Waals surface area contributed by atoms with Crippen LogP contribution >= 0.6 is 23.1 Å². The molecule has 19 heavy (non-hydrogen) atoms. The Kier molecular flexibility index (Phi) is 6.65. The van der Waals surface area contributed by atoms with E-state index in [4.69, 9.17) is 5.11 Å². The van der Waals surface area contributed by atoms with Crippen LogP contribution in [0.1, 0.15) is 16.3 Å². The van der Waals surface area contributed by atoms with Crippen LogP contribution in [0.2, 0.25) is 0 Å². The molecule has 0 fully saturated rings. The summed E-state index contributed by atoms with van der Waals surface area (Å²) in [7, 11) is 0. The Balaban J connectivity index is 2.37. The first-order chi connectivity index (χ1) is 9.02. The lowest BCUT2D eigenvalue weighted by molar-refractivity contribution is -0.139. The fourth-order valence-corrected chi connectivity index (χ4v) is 2.54. The van der Waals surface area contributed by atoms with Crippen molar-refractivity contribution in [2.45, 2.75) is 25.9 Å². The second kappa shape index (κ2) is 8.00. The van der Waals surface area contributed by atoms with Gasteiger partial charge < -0.3 is 15.7 Å². The predicted octanol–water partition coefficient (Wildman–Crippen LogP) is 1.46. The molecule has 0 saturated heterocycles. The van der Waals surface area contributed by atoms with Crippen LogP contribution in [0.15, 0.2) is 6.20 Å². The van der Waals surface area contributed by atoms with Crippen molar-refractivity contribution in [1.82, 2.24) is 15.6 Å². The van der Waals surface area contributed by atoms with Crippen LogP contribution in [0.5, 0.6) is 0 Å². The van der Waals surface area contributed by atoms with Gasteiger partial charge in [-0.1, -0.05) is 0 Å². The smallest absolute Gasteiger partial charge is 0.326 e. The number of carboxylic acids is 1. The van der Waals surface area contributed by atoms with Crippen molar-refractivity contribution >= 4 is 35.1 Å². The molecule has 106 valence electrons. The summed E-state index contributed by atoms with van der Waals surface area (Å²) in [4.78, 5) is 27.7. The molecule has 0 bridgehead atoms. The highest BCUT2D eigenvalue weighted by Crippen LogP contribution is 2.10. The molecule has 0 saturated carbocycles. The fraction of sp³-hybridized carbons (Fsp3) is 0.545. The Hall–Kier alpha value is -1.28. The molecule has 0 aliphatic carbocycles. The van der Waals surface area contributed by atoms with Crippen molar-refractivity contribution in [1.29, 1.82) is 0 Å². The Morgan fingerprint density at radius 2 is 2.32 bits per heavy atom. The minimum atomic E-state index is -1.02. The van der Waals surface area contributed by atoms with Gasteiger partial charge in [0, 0.05) is 11.1 Å². The van der Waals surface area contributed by atoms with E-state index < -0.39 is 18.0 Å². The normalized spacial score (nSPS) is 11.9. The van der Waals surface area contributed by atoms with Gasteiger partial charge in [-0.25, -0.2) is 14.6 Å². The average Bonchev–Trinajstić information content (AvgIpc) is 2.77. The Morgan fingerprint density at radius 1 is 1.58 bits per heavy atom. The largest absolute Gasteiger partial charge is 0.480 e. The second-order valence-electron chi connectivity index (χ2n) is 3.86. The number of hydrogen-bond donors (Lipinski definition) is 3. The van der Waals surface area contributed by atoms with E-state index in [-0.39, 0.29) is 0 Å². The third kappa shape index (κ3) is 5.93. The van der Waals surface area contributed by atoms with Gasteiger partial charge in [0.15, 0.2) is 0 Å². The summed E-state index contributed by atoms with van der Waals surface area (Å²) in [5, 5.41) is 14.8. The van der Waals surface area contributed by atoms with Gasteiger partial charge in [-0.05, 0) is 25.4 Å². The molecular weight excluding hydrogens is 286 g/mol. The van der Waals surface area contributed by atoms with E-state index >= 15 is 0 Å². The molecule has 0 aliphatic heterocycles. The summed E-state index contributed by atoms with van der Waals surface area (Å²) >= 11 is 3.04. The molecule has 1 rings (SSSR count). The maximum absolute atomic E-state index is 11.6. The molecular formula is C11H17N3O3S2. The monoisotopic (exact) mass is 303 g/mol. The van der Waals surface area contributed by atoms with E-state index in [0.29, 0.717) is 18.7 Å². The van der Waals surface area contributed by atoms with E-state index in [1.165, 1.54) is 11.3 Å². The highest BCUT2D eigenvalue weighted by molar-refractivity contribution is 7.98. The topological polar surface area (TPSA) is 91.3 Å². The van der Waals surface area contributed by atoms with Crippen molar-refractivity contribution in [3.8, 4) is 0 Å². The maximum atomic E-state index is 11.6. The lowest BCUT2D eigenvalue weighted by Crippen LogP contribution is -2.46. The Morgan fingerprint density at radius 3 is 2.84 bits per heavy atom. The number of amides is 2. The van der Waals surface area contributed by atoms with Crippen molar-refractivity contribution in [3.05, 3.63) is 16.1 Å². The number of aliphatic carboxylic acids is 1. The van der Waals surface area contributed by atoms with Gasteiger partial charge in [0.2, 0.25) is 0 Å². The number of carboxylic acid groups (broad SMARTS) is 1. The molecule has 0 unspecified atom stereocenters. The molecule has 1 heterocycles. The summed E-state index contributed by atoms with van der Waals surface area (Å²) in [5.41, 5.74) is 0. The standard InChI is InChI=1S/C11H17N3O3S2/c1-7-5-12-9(19-7)6-13-11(17)14-8(10(15)16)3-4-18-2/h5,8H,3-4,6H2,1-2H3,(H,15,16)(H2,13,14,17)/t8-/m1/s1. The number of aromatic nitrogens is 1. The zero-order chi connectivity index (χ0) is 14.3. The second-order valence-corrected chi connectivity index (χ2v) is 6.17. The number of urea groups is 1. The van der Waals surface area contributed by atoms with Gasteiger partial charge in [0.05, 0.1) is 6.54 Å². The number of carbonyl (C=O) groups excluding carboxylic acids is 1. The van der Waals surface area contributed by atoms with E-state index in [2.05, 4.69) is 15.6 Å². The molecule has 0 radical (unpaired) electrons. The molecule has 2 amide bonds. The average molecular weight is 303 g/mol. The summed E-state index contributed by atoms with van der Waals surface area (Å²) in [6, 6.07) is -1.34. The highest BCUT2D eigenvalue weighted by atomic mass is 32.2. The molecule has 0 aliphatic rings. The number of thiazole rings is 1. The Bertz CT molecular complexity index is 437. The van der Waals surface area contributed by atoms with Crippen molar-refractivity contribution in [3.63, 3.8) is 0 Å². The summed E-state index contributed by atoms with van der Waals surface area (Å²) < 4.78 is 0. The molecule has 0 aromatic carbocycles. The lowest BCUT2D eigenvalue weighted by atomic mass is 10.2. The van der Waals surface area contributed by atoms with Crippen LogP contribution in [0.25, 0.3) is 0 Å². The van der Waals surface area contributed by atoms with Gasteiger partial charge in [-0.2, -0.15) is 11.8 Å². The van der Waals surface area contributed by atoms with Gasteiger partial charge in [-0.15, -0.1) is 11.3 Å². The minimum Gasteiger partial charge on any atom is -0.480 e. The van der Waals surface area contributed by atoms with Gasteiger partial charge in [0.25, 0.3) is 0 Å². The lowest BCUT2D eigenvalue weighted by Gasteiger charge is -2.14. The van der Waals surface area contributed by atoms with Crippen LogP contribution in [0.4, 0.5) is 4.79 Å². The first-order valence-corrected chi connectivity index (χ1v) is 7.91. The summed E-state index contributed by atoms with van der Waals surface area (Å²) in [5.74, 6) is -0.336. The molecule has 8 heteroatoms. The zero-order valence-corrected chi connectivity index (χ0v) is 12.4. The molecule has 0 spiro atoms. The molecule has 3 N–H and O–H groups in total. The number of nitrogens with zero attached hydrogens (tertiary/aromatic N) is 1. The van der Waals surface area contributed by atoms with Crippen molar-refractivity contribution < 1.29 is 14.7 Å². The summed E-state index contributed by atoms with van der Waals surface area (Å²) in [6.45, 7) is 2.24. The number of hydrogen-bond acceptors (Lipinski definition) is 5. The molecule has 6 nitrogen and oxygen atoms in total. The van der Waals surface area contributed by atoms with E-state index in [0.717, 1.165) is 9.88 Å². The summed E-state index contributed by atoms with van der Waals surface area (Å²) in [6.07, 6.45) is 4.03. The number of nitrogens with one attached hydrogen (secondary N) is 2. The quantitative estimate of drug-likeness (QED) is 0.709. The highest BCUT2D eigenvalue weighted by Gasteiger charge is 2.19. The zero-order valence-electron chi connectivity index (χ0n) is 10.8. The number of aryl methyl sites for hydroxylation is 1. The molecule has 1 aromatic heterocycles. The predicted molar refractivity (Wildman–Crippen MR) is 76.6 cm³/mol. The third-order valence-corrected chi connectivity index (χ3v) is 3.84. The van der Waals surface area contributed by atoms with Gasteiger partial charge >= 0.3 is 12.0 Å². The van der Waals surface area contributed by atoms with Gasteiger partial charge in [-0.3, -0.25) is 0 Å². The van der Waals surface area contributed by atoms with Gasteiger partial charge in [0.1, 0.15) is 11.0 Å². The minimum absolute atomic E-state index is 0.305. The number of rotatable bonds is 7. The molecule has 1 atom stereocenters. The van der Waals surface area contributed by atoms with E-state index in [9.17, 15) is 9.59 Å². The first-order valence-electron chi connectivity index (χ1n) is 5.70. The SMILES string of the molecule is CSCC[C@@H](NC(=O)NCc1ncc(C)s1)C(=O)O. The van der Waals surface area contributed by atoms with Crippen molar-refractivity contribution in [2.24, 2.45) is 0 Å². The first kappa shape index (κ1) is 15.8. The van der Waals surface area contributed by atoms with Crippen LogP contribution in [-0.2, 0) is 11.3 Å². The Labute approximate surface area is 120 Å². The fourth-order valence-electron chi connectivity index (χ4n) is 1.34. The van der Waals surface area contributed by atoms with Crippen LogP contribution in [0, 0.1) is 6.92 Å². The van der Waals surface area contributed by atoms with Crippen LogP contribution in [-0.4, -0.2) is 40.1 Å². The third-order valence-electron chi connectivity index (χ3n) is 2.28.